The molecule has 0 aliphatic carbocycles. The number of hydrogen-bond acceptors (Lipinski definition) is 8. The molecule has 1 aliphatic heterocycles. The minimum Gasteiger partial charge on any atom is -0.463 e. The first-order chi connectivity index (χ1) is 13.8. The first kappa shape index (κ1) is 21.3. The van der Waals surface area contributed by atoms with Crippen LogP contribution in [-0.2, 0) is 30.8 Å². The van der Waals surface area contributed by atoms with Crippen LogP contribution in [-0.4, -0.2) is 58.1 Å². The van der Waals surface area contributed by atoms with Crippen LogP contribution in [0.25, 0.3) is 0 Å². The van der Waals surface area contributed by atoms with Gasteiger partial charge in [-0.3, -0.25) is 0 Å². The topological polar surface area (TPSA) is 112 Å². The third kappa shape index (κ3) is 4.78. The molecule has 0 spiro atoms. The predicted octanol–water partition coefficient (Wildman–Crippen LogP) is 2.10. The third-order valence-electron chi connectivity index (χ3n) is 4.15. The molecule has 0 unspecified atom stereocenters. The fraction of sp³-hybridized carbons (Fsp3) is 0.333. The van der Waals surface area contributed by atoms with Gasteiger partial charge in [-0.1, -0.05) is 11.6 Å². The van der Waals surface area contributed by atoms with Crippen molar-refractivity contribution in [3.8, 4) is 0 Å². The lowest BCUT2D eigenvalue weighted by Crippen LogP contribution is -2.40. The highest BCUT2D eigenvalue weighted by atomic mass is 35.5. The van der Waals surface area contributed by atoms with Gasteiger partial charge in [0, 0.05) is 13.1 Å². The van der Waals surface area contributed by atoms with Gasteiger partial charge in [0.05, 0.1) is 30.9 Å². The fourth-order valence-electron chi connectivity index (χ4n) is 2.64. The number of carbonyl (C=O) groups is 2. The Kier molecular flexibility index (Phi) is 6.58. The maximum Gasteiger partial charge on any atom is 0.373 e. The molecule has 29 heavy (non-hydrogen) atoms. The number of halogens is 1. The first-order valence-corrected chi connectivity index (χ1v) is 10.4. The van der Waals surface area contributed by atoms with E-state index in [4.69, 9.17) is 25.5 Å². The number of esters is 2. The Morgan fingerprint density at radius 1 is 1.14 bits per heavy atom. The monoisotopic (exact) mass is 443 g/mol. The molecular formula is C18H18ClNO8S. The van der Waals surface area contributed by atoms with Gasteiger partial charge < -0.3 is 18.6 Å². The Hall–Kier alpha value is -2.40. The van der Waals surface area contributed by atoms with Gasteiger partial charge in [-0.2, -0.15) is 4.31 Å². The molecule has 0 N–H and O–H groups in total. The number of morpholine rings is 1. The predicted molar refractivity (Wildman–Crippen MR) is 100 cm³/mol. The van der Waals surface area contributed by atoms with Gasteiger partial charge in [0.25, 0.3) is 0 Å². The highest BCUT2D eigenvalue weighted by Gasteiger charge is 2.29. The number of furan rings is 1. The van der Waals surface area contributed by atoms with E-state index in [1.165, 1.54) is 41.7 Å². The van der Waals surface area contributed by atoms with Gasteiger partial charge in [-0.15, -0.1) is 0 Å². The summed E-state index contributed by atoms with van der Waals surface area (Å²) in [6, 6.07) is 6.73. The fourth-order valence-corrected chi connectivity index (χ4v) is 4.55. The SMILES string of the molecule is COC(=O)c1ccc(COC(=O)c2ccc(Cl)c(S(=O)(=O)N3CCOCC3)c2)o1. The Morgan fingerprint density at radius 3 is 2.55 bits per heavy atom. The normalized spacial score (nSPS) is 15.1. The average molecular weight is 444 g/mol. The van der Waals surface area contributed by atoms with Crippen LogP contribution >= 0.6 is 11.6 Å². The second-order valence-corrected chi connectivity index (χ2v) is 8.31. The van der Waals surface area contributed by atoms with Crippen molar-refractivity contribution in [2.24, 2.45) is 0 Å². The van der Waals surface area contributed by atoms with Crippen LogP contribution in [0, 0.1) is 0 Å². The Morgan fingerprint density at radius 2 is 1.86 bits per heavy atom. The van der Waals surface area contributed by atoms with Crippen molar-refractivity contribution in [1.82, 2.24) is 4.31 Å². The van der Waals surface area contributed by atoms with Gasteiger partial charge in [0.1, 0.15) is 17.3 Å². The lowest BCUT2D eigenvalue weighted by molar-refractivity contribution is 0.0438. The molecule has 0 amide bonds. The minimum atomic E-state index is -3.88. The number of ether oxygens (including phenoxy) is 3. The molecule has 1 saturated heterocycles. The van der Waals surface area contributed by atoms with Gasteiger partial charge >= 0.3 is 11.9 Å². The van der Waals surface area contributed by atoms with Crippen LogP contribution in [0.5, 0.6) is 0 Å². The summed E-state index contributed by atoms with van der Waals surface area (Å²) in [5.41, 5.74) is 0.0148. The van der Waals surface area contributed by atoms with Gasteiger partial charge in [0.2, 0.25) is 15.8 Å². The maximum absolute atomic E-state index is 12.8. The van der Waals surface area contributed by atoms with E-state index in [0.29, 0.717) is 0 Å². The van der Waals surface area contributed by atoms with Gasteiger partial charge in [-0.05, 0) is 30.3 Å². The van der Waals surface area contributed by atoms with Crippen molar-refractivity contribution in [1.29, 1.82) is 0 Å². The molecular weight excluding hydrogens is 426 g/mol. The number of hydrogen-bond donors (Lipinski definition) is 0. The van der Waals surface area contributed by atoms with Crippen LogP contribution in [0.15, 0.2) is 39.6 Å². The Balaban J connectivity index is 1.74. The van der Waals surface area contributed by atoms with E-state index in [1.54, 1.807) is 0 Å². The third-order valence-corrected chi connectivity index (χ3v) is 6.53. The Bertz CT molecular complexity index is 1010. The zero-order valence-corrected chi connectivity index (χ0v) is 17.0. The smallest absolute Gasteiger partial charge is 0.373 e. The maximum atomic E-state index is 12.8. The van der Waals surface area contributed by atoms with Crippen LogP contribution in [0.3, 0.4) is 0 Å². The lowest BCUT2D eigenvalue weighted by atomic mass is 10.2. The number of rotatable bonds is 6. The molecule has 9 nitrogen and oxygen atoms in total. The average Bonchev–Trinajstić information content (AvgIpc) is 3.21. The van der Waals surface area contributed by atoms with Gasteiger partial charge in [-0.25, -0.2) is 18.0 Å². The van der Waals surface area contributed by atoms with E-state index in [1.807, 2.05) is 0 Å². The molecule has 0 atom stereocenters. The highest BCUT2D eigenvalue weighted by molar-refractivity contribution is 7.89. The van der Waals surface area contributed by atoms with E-state index >= 15 is 0 Å². The standard InChI is InChI=1S/C18H18ClNO8S/c1-25-18(22)15-5-3-13(28-15)11-27-17(21)12-2-4-14(19)16(10-12)29(23,24)20-6-8-26-9-7-20/h2-5,10H,6-9,11H2,1H3. The summed E-state index contributed by atoms with van der Waals surface area (Å²) in [6.45, 7) is 0.733. The second-order valence-electron chi connectivity index (χ2n) is 6.00. The molecule has 3 rings (SSSR count). The summed E-state index contributed by atoms with van der Waals surface area (Å²) < 4.78 is 47.0. The molecule has 0 bridgehead atoms. The minimum absolute atomic E-state index is 0.00166. The van der Waals surface area contributed by atoms with Crippen molar-refractivity contribution >= 4 is 33.6 Å². The van der Waals surface area contributed by atoms with Gasteiger partial charge in [0.15, 0.2) is 0 Å². The van der Waals surface area contributed by atoms with Crippen molar-refractivity contribution < 1.29 is 36.6 Å². The van der Waals surface area contributed by atoms with Crippen molar-refractivity contribution in [2.75, 3.05) is 33.4 Å². The molecule has 1 aromatic carbocycles. The quantitative estimate of drug-likeness (QED) is 0.624. The number of methoxy groups -OCH3 is 1. The van der Waals surface area contributed by atoms with E-state index < -0.39 is 22.0 Å². The number of sulfonamides is 1. The molecule has 1 aromatic heterocycles. The summed E-state index contributed by atoms with van der Waals surface area (Å²) in [4.78, 5) is 23.6. The molecule has 0 saturated carbocycles. The largest absolute Gasteiger partial charge is 0.463 e. The van der Waals surface area contributed by atoms with Crippen molar-refractivity contribution in [2.45, 2.75) is 11.5 Å². The summed E-state index contributed by atoms with van der Waals surface area (Å²) in [6.07, 6.45) is 0. The summed E-state index contributed by atoms with van der Waals surface area (Å²) in [5, 5.41) is 0.00166. The zero-order chi connectivity index (χ0) is 21.0. The summed E-state index contributed by atoms with van der Waals surface area (Å²) in [5.74, 6) is -1.22. The lowest BCUT2D eigenvalue weighted by Gasteiger charge is -2.26. The van der Waals surface area contributed by atoms with Crippen LogP contribution < -0.4 is 0 Å². The number of nitrogens with zero attached hydrogens (tertiary/aromatic N) is 1. The number of carbonyl (C=O) groups excluding carboxylic acids is 2. The molecule has 2 heterocycles. The highest BCUT2D eigenvalue weighted by Crippen LogP contribution is 2.27. The summed E-state index contributed by atoms with van der Waals surface area (Å²) in [7, 11) is -2.67. The molecule has 2 aromatic rings. The van der Waals surface area contributed by atoms with Crippen LogP contribution in [0.2, 0.25) is 5.02 Å². The molecule has 156 valence electrons. The first-order valence-electron chi connectivity index (χ1n) is 8.54. The van der Waals surface area contributed by atoms with E-state index in [0.717, 1.165) is 0 Å². The van der Waals surface area contributed by atoms with E-state index in [-0.39, 0.29) is 59.9 Å². The number of benzene rings is 1. The molecule has 11 heteroatoms. The molecule has 1 fully saturated rings. The van der Waals surface area contributed by atoms with Crippen LogP contribution in [0.4, 0.5) is 0 Å². The van der Waals surface area contributed by atoms with Crippen molar-refractivity contribution in [3.63, 3.8) is 0 Å². The van der Waals surface area contributed by atoms with E-state index in [2.05, 4.69) is 4.74 Å². The molecule has 1 aliphatic rings. The van der Waals surface area contributed by atoms with E-state index in [9.17, 15) is 18.0 Å². The Labute approximate surface area is 172 Å². The summed E-state index contributed by atoms with van der Waals surface area (Å²) >= 11 is 6.08. The van der Waals surface area contributed by atoms with Crippen LogP contribution in [0.1, 0.15) is 26.7 Å². The van der Waals surface area contributed by atoms with Crippen molar-refractivity contribution in [3.05, 3.63) is 52.4 Å². The second kappa shape index (κ2) is 8.95. The zero-order valence-electron chi connectivity index (χ0n) is 15.4. The molecule has 0 radical (unpaired) electrons.